The van der Waals surface area contributed by atoms with Crippen LogP contribution in [0.5, 0.6) is 0 Å². The fourth-order valence-electron chi connectivity index (χ4n) is 2.55. The van der Waals surface area contributed by atoms with Gasteiger partial charge in [0.05, 0.1) is 27.7 Å². The summed E-state index contributed by atoms with van der Waals surface area (Å²) in [7, 11) is 1.79. The van der Waals surface area contributed by atoms with Crippen LogP contribution in [-0.4, -0.2) is 31.3 Å². The number of piperidine rings is 1. The summed E-state index contributed by atoms with van der Waals surface area (Å²) >= 11 is 1.63. The lowest BCUT2D eigenvalue weighted by Gasteiger charge is -2.33. The average Bonchev–Trinajstić information content (AvgIpc) is 2.89. The Balaban J connectivity index is 1.88. The number of anilines is 2. The second-order valence-electron chi connectivity index (χ2n) is 4.62. The van der Waals surface area contributed by atoms with Crippen molar-refractivity contribution in [1.29, 1.82) is 0 Å². The van der Waals surface area contributed by atoms with E-state index in [9.17, 15) is 0 Å². The van der Waals surface area contributed by atoms with Crippen LogP contribution in [0.15, 0.2) is 17.6 Å². The number of fused-ring (bicyclic) bond motifs is 1. The maximum Gasteiger partial charge on any atom is 0.106 e. The molecular formula is C13H17N3OS. The van der Waals surface area contributed by atoms with Crippen molar-refractivity contribution < 1.29 is 4.74 Å². The molecule has 2 N–H and O–H groups in total. The van der Waals surface area contributed by atoms with Gasteiger partial charge in [-0.1, -0.05) is 0 Å². The normalized spacial score (nSPS) is 17.5. The highest BCUT2D eigenvalue weighted by Gasteiger charge is 2.21. The number of hydrogen-bond donors (Lipinski definition) is 1. The van der Waals surface area contributed by atoms with Crippen molar-refractivity contribution in [3.63, 3.8) is 0 Å². The zero-order chi connectivity index (χ0) is 12.5. The van der Waals surface area contributed by atoms with Gasteiger partial charge in [-0.3, -0.25) is 0 Å². The Hall–Kier alpha value is -1.33. The van der Waals surface area contributed by atoms with E-state index in [1.165, 1.54) is 0 Å². The highest BCUT2D eigenvalue weighted by Crippen LogP contribution is 2.33. The molecule has 0 spiro atoms. The highest BCUT2D eigenvalue weighted by atomic mass is 32.1. The first kappa shape index (κ1) is 11.7. The molecule has 1 aromatic carbocycles. The third kappa shape index (κ3) is 1.93. The number of hydrogen-bond acceptors (Lipinski definition) is 5. The number of benzene rings is 1. The average molecular weight is 263 g/mol. The van der Waals surface area contributed by atoms with E-state index < -0.39 is 0 Å². The predicted octanol–water partition coefficient (Wildman–Crippen LogP) is 2.49. The summed E-state index contributed by atoms with van der Waals surface area (Å²) in [5, 5.41) is 0. The van der Waals surface area contributed by atoms with Crippen LogP contribution in [0.1, 0.15) is 12.8 Å². The summed E-state index contributed by atoms with van der Waals surface area (Å²) in [6.07, 6.45) is 2.52. The van der Waals surface area contributed by atoms with E-state index in [4.69, 9.17) is 10.5 Å². The van der Waals surface area contributed by atoms with E-state index in [-0.39, 0.29) is 0 Å². The highest BCUT2D eigenvalue weighted by molar-refractivity contribution is 7.16. The van der Waals surface area contributed by atoms with Gasteiger partial charge in [-0.05, 0) is 25.0 Å². The van der Waals surface area contributed by atoms with Crippen molar-refractivity contribution in [3.8, 4) is 0 Å². The molecule has 3 rings (SSSR count). The summed E-state index contributed by atoms with van der Waals surface area (Å²) in [5.41, 5.74) is 10.9. The molecule has 1 aliphatic rings. The zero-order valence-corrected chi connectivity index (χ0v) is 11.2. The number of thiazole rings is 1. The van der Waals surface area contributed by atoms with Gasteiger partial charge in [-0.15, -0.1) is 11.3 Å². The molecule has 1 aliphatic heterocycles. The first-order chi connectivity index (χ1) is 8.79. The summed E-state index contributed by atoms with van der Waals surface area (Å²) in [4.78, 5) is 6.68. The SMILES string of the molecule is COC1CCN(c2ccc3scnc3c2N)CC1. The molecule has 0 atom stereocenters. The van der Waals surface area contributed by atoms with Crippen LogP contribution in [0.3, 0.4) is 0 Å². The maximum atomic E-state index is 6.23. The quantitative estimate of drug-likeness (QED) is 0.846. The molecule has 96 valence electrons. The Morgan fingerprint density at radius 2 is 2.17 bits per heavy atom. The molecule has 0 bridgehead atoms. The molecule has 1 aromatic heterocycles. The molecule has 0 amide bonds. The minimum Gasteiger partial charge on any atom is -0.395 e. The van der Waals surface area contributed by atoms with Gasteiger partial charge in [0.2, 0.25) is 0 Å². The molecule has 1 fully saturated rings. The summed E-state index contributed by atoms with van der Waals surface area (Å²) in [6.45, 7) is 2.00. The lowest BCUT2D eigenvalue weighted by molar-refractivity contribution is 0.0819. The minimum atomic E-state index is 0.394. The molecule has 0 unspecified atom stereocenters. The summed E-state index contributed by atoms with van der Waals surface area (Å²) in [5.74, 6) is 0. The van der Waals surface area contributed by atoms with Gasteiger partial charge in [0.15, 0.2) is 0 Å². The molecule has 5 heteroatoms. The lowest BCUT2D eigenvalue weighted by atomic mass is 10.1. The third-order valence-electron chi connectivity index (χ3n) is 3.63. The molecule has 18 heavy (non-hydrogen) atoms. The Morgan fingerprint density at radius 1 is 1.39 bits per heavy atom. The van der Waals surface area contributed by atoms with Crippen LogP contribution in [0.2, 0.25) is 0 Å². The molecule has 2 aromatic rings. The van der Waals surface area contributed by atoms with Crippen molar-refractivity contribution >= 4 is 32.9 Å². The van der Waals surface area contributed by atoms with Crippen LogP contribution in [0.25, 0.3) is 10.2 Å². The Bertz CT molecular complexity index is 546. The van der Waals surface area contributed by atoms with Crippen LogP contribution >= 0.6 is 11.3 Å². The van der Waals surface area contributed by atoms with Gasteiger partial charge in [-0.25, -0.2) is 4.98 Å². The minimum absolute atomic E-state index is 0.394. The Morgan fingerprint density at radius 3 is 2.89 bits per heavy atom. The van der Waals surface area contributed by atoms with Gasteiger partial charge in [0, 0.05) is 20.2 Å². The van der Waals surface area contributed by atoms with Crippen molar-refractivity contribution in [2.75, 3.05) is 30.8 Å². The van der Waals surface area contributed by atoms with Crippen molar-refractivity contribution in [1.82, 2.24) is 4.98 Å². The number of nitrogens with zero attached hydrogens (tertiary/aromatic N) is 2. The van der Waals surface area contributed by atoms with E-state index in [1.807, 2.05) is 5.51 Å². The summed E-state index contributed by atoms with van der Waals surface area (Å²) in [6, 6.07) is 4.23. The van der Waals surface area contributed by atoms with Crippen molar-refractivity contribution in [2.24, 2.45) is 0 Å². The molecule has 2 heterocycles. The standard InChI is InChI=1S/C13H17N3OS/c1-17-9-4-6-16(7-5-9)10-2-3-11-13(12(10)14)15-8-18-11/h2-3,8-9H,4-7,14H2,1H3. The van der Waals surface area contributed by atoms with Crippen LogP contribution in [0, 0.1) is 0 Å². The second-order valence-corrected chi connectivity index (χ2v) is 5.51. The van der Waals surface area contributed by atoms with E-state index >= 15 is 0 Å². The van der Waals surface area contributed by atoms with Crippen LogP contribution < -0.4 is 10.6 Å². The first-order valence-corrected chi connectivity index (χ1v) is 7.07. The smallest absolute Gasteiger partial charge is 0.106 e. The van der Waals surface area contributed by atoms with Crippen molar-refractivity contribution in [2.45, 2.75) is 18.9 Å². The molecule has 0 saturated carbocycles. The van der Waals surface area contributed by atoms with Crippen molar-refractivity contribution in [3.05, 3.63) is 17.6 Å². The monoisotopic (exact) mass is 263 g/mol. The van der Waals surface area contributed by atoms with Gasteiger partial charge >= 0.3 is 0 Å². The zero-order valence-electron chi connectivity index (χ0n) is 10.4. The van der Waals surface area contributed by atoms with Crippen LogP contribution in [-0.2, 0) is 4.74 Å². The predicted molar refractivity (Wildman–Crippen MR) is 76.3 cm³/mol. The van der Waals surface area contributed by atoms with Gasteiger partial charge in [-0.2, -0.15) is 0 Å². The third-order valence-corrected chi connectivity index (χ3v) is 4.43. The topological polar surface area (TPSA) is 51.4 Å². The fraction of sp³-hybridized carbons (Fsp3) is 0.462. The number of methoxy groups -OCH3 is 1. The number of aromatic nitrogens is 1. The van der Waals surface area contributed by atoms with E-state index in [1.54, 1.807) is 18.4 Å². The van der Waals surface area contributed by atoms with E-state index in [0.29, 0.717) is 6.10 Å². The number of rotatable bonds is 2. The number of ether oxygens (including phenoxy) is 1. The Labute approximate surface area is 110 Å². The fourth-order valence-corrected chi connectivity index (χ4v) is 3.24. The number of nitrogens with two attached hydrogens (primary N) is 1. The molecule has 4 nitrogen and oxygen atoms in total. The maximum absolute atomic E-state index is 6.23. The Kier molecular flexibility index (Phi) is 3.09. The van der Waals surface area contributed by atoms with Crippen LogP contribution in [0.4, 0.5) is 11.4 Å². The van der Waals surface area contributed by atoms with Gasteiger partial charge in [0.25, 0.3) is 0 Å². The van der Waals surface area contributed by atoms with E-state index in [2.05, 4.69) is 22.0 Å². The molecular weight excluding hydrogens is 246 g/mol. The van der Waals surface area contributed by atoms with Gasteiger partial charge < -0.3 is 15.4 Å². The van der Waals surface area contributed by atoms with Gasteiger partial charge in [0.1, 0.15) is 5.52 Å². The molecule has 0 radical (unpaired) electrons. The molecule has 1 saturated heterocycles. The molecule has 0 aliphatic carbocycles. The summed E-state index contributed by atoms with van der Waals surface area (Å²) < 4.78 is 6.55. The number of nitrogen functional groups attached to an aromatic ring is 1. The largest absolute Gasteiger partial charge is 0.395 e. The second kappa shape index (κ2) is 4.74. The van der Waals surface area contributed by atoms with E-state index in [0.717, 1.165) is 47.5 Å². The first-order valence-electron chi connectivity index (χ1n) is 6.19. The lowest BCUT2D eigenvalue weighted by Crippen LogP contribution is -2.37.